The van der Waals surface area contributed by atoms with E-state index in [1.165, 1.54) is 6.92 Å². The number of fused-ring (bicyclic) bond motifs is 2. The lowest BCUT2D eigenvalue weighted by Crippen LogP contribution is -2.14. The van der Waals surface area contributed by atoms with Crippen LogP contribution in [0.15, 0.2) is 72.6 Å². The Morgan fingerprint density at radius 2 is 1.82 bits per heavy atom. The highest BCUT2D eigenvalue weighted by Gasteiger charge is 2.28. The number of aromatic nitrogens is 1. The summed E-state index contributed by atoms with van der Waals surface area (Å²) in [5.41, 5.74) is 5.16. The van der Waals surface area contributed by atoms with E-state index in [4.69, 9.17) is 9.47 Å². The van der Waals surface area contributed by atoms with Crippen LogP contribution in [0.2, 0.25) is 0 Å². The summed E-state index contributed by atoms with van der Waals surface area (Å²) in [5.74, 6) is 1.35. The number of carbonyl (C=O) groups excluding carboxylic acids is 2. The van der Waals surface area contributed by atoms with E-state index in [2.05, 4.69) is 41.1 Å². The average molecular weight is 510 g/mol. The van der Waals surface area contributed by atoms with Crippen LogP contribution in [-0.2, 0) is 11.3 Å². The highest BCUT2D eigenvalue weighted by atomic mass is 16.5. The Hall–Kier alpha value is -4.36. The van der Waals surface area contributed by atoms with Gasteiger partial charge in [0.05, 0.1) is 12.7 Å². The molecule has 0 atom stereocenters. The molecule has 0 saturated carbocycles. The standard InChI is InChI=1S/C31H31N3O4/c1-20(35)32-24-9-6-21(7-10-24)22-8-12-26-29(16-22)38-30(31(26)36)17-23-19-34(15-5-14-33(2)3)28-13-11-25(37-4)18-27(23)28/h6-13,16-19H,5,14-15H2,1-4H3,(H,32,35). The van der Waals surface area contributed by atoms with E-state index in [-0.39, 0.29) is 11.7 Å². The number of anilines is 1. The predicted octanol–water partition coefficient (Wildman–Crippen LogP) is 5.84. The molecular weight excluding hydrogens is 478 g/mol. The first kappa shape index (κ1) is 25.3. The van der Waals surface area contributed by atoms with Crippen molar-refractivity contribution in [2.75, 3.05) is 33.1 Å². The number of hydrogen-bond acceptors (Lipinski definition) is 5. The molecule has 1 N–H and O–H groups in total. The molecule has 1 aromatic heterocycles. The number of carbonyl (C=O) groups is 2. The van der Waals surface area contributed by atoms with E-state index in [9.17, 15) is 9.59 Å². The summed E-state index contributed by atoms with van der Waals surface area (Å²) in [7, 11) is 5.79. The topological polar surface area (TPSA) is 72.8 Å². The third kappa shape index (κ3) is 5.19. The quantitative estimate of drug-likeness (QED) is 0.302. The van der Waals surface area contributed by atoms with Gasteiger partial charge in [0.2, 0.25) is 11.7 Å². The molecule has 3 aromatic carbocycles. The van der Waals surface area contributed by atoms with E-state index >= 15 is 0 Å². The van der Waals surface area contributed by atoms with Crippen LogP contribution in [0.1, 0.15) is 29.3 Å². The molecule has 7 heteroatoms. The van der Waals surface area contributed by atoms with Crippen molar-refractivity contribution in [2.24, 2.45) is 0 Å². The first-order valence-electron chi connectivity index (χ1n) is 12.6. The molecule has 0 saturated heterocycles. The van der Waals surface area contributed by atoms with Crippen LogP contribution in [0.25, 0.3) is 28.1 Å². The molecule has 38 heavy (non-hydrogen) atoms. The van der Waals surface area contributed by atoms with Gasteiger partial charge >= 0.3 is 0 Å². The Labute approximate surface area is 222 Å². The SMILES string of the molecule is COc1ccc2c(c1)c(C=C1Oc3cc(-c4ccc(NC(C)=O)cc4)ccc3C1=O)cn2CCCN(C)C. The molecule has 0 spiro atoms. The first-order valence-corrected chi connectivity index (χ1v) is 12.6. The molecule has 0 aliphatic carbocycles. The maximum atomic E-state index is 13.2. The molecule has 1 aliphatic rings. The smallest absolute Gasteiger partial charge is 0.231 e. The number of benzene rings is 3. The summed E-state index contributed by atoms with van der Waals surface area (Å²) in [4.78, 5) is 26.7. The molecule has 194 valence electrons. The highest BCUT2D eigenvalue weighted by Crippen LogP contribution is 2.37. The summed E-state index contributed by atoms with van der Waals surface area (Å²) in [6.45, 7) is 3.33. The number of hydrogen-bond donors (Lipinski definition) is 1. The largest absolute Gasteiger partial charge is 0.497 e. The monoisotopic (exact) mass is 509 g/mol. The Morgan fingerprint density at radius 1 is 1.05 bits per heavy atom. The Bertz CT molecular complexity index is 1550. The molecule has 0 radical (unpaired) electrons. The van der Waals surface area contributed by atoms with Gasteiger partial charge < -0.3 is 24.3 Å². The molecule has 1 aliphatic heterocycles. The number of methoxy groups -OCH3 is 1. The molecule has 0 unspecified atom stereocenters. The lowest BCUT2D eigenvalue weighted by atomic mass is 10.0. The number of nitrogens with one attached hydrogen (secondary N) is 1. The number of ether oxygens (including phenoxy) is 2. The number of allylic oxidation sites excluding steroid dienone is 1. The lowest BCUT2D eigenvalue weighted by Gasteiger charge is -2.10. The van der Waals surface area contributed by atoms with Crippen LogP contribution < -0.4 is 14.8 Å². The summed E-state index contributed by atoms with van der Waals surface area (Å²) in [6, 6.07) is 19.2. The van der Waals surface area contributed by atoms with Crippen molar-refractivity contribution in [3.05, 3.63) is 83.7 Å². The second kappa shape index (κ2) is 10.6. The zero-order chi connectivity index (χ0) is 26.8. The third-order valence-electron chi connectivity index (χ3n) is 6.62. The molecule has 0 bridgehead atoms. The van der Waals surface area contributed by atoms with Gasteiger partial charge in [-0.25, -0.2) is 0 Å². The van der Waals surface area contributed by atoms with E-state index < -0.39 is 0 Å². The molecule has 4 aromatic rings. The maximum absolute atomic E-state index is 13.2. The molecule has 2 heterocycles. The van der Waals surface area contributed by atoms with E-state index in [0.717, 1.165) is 58.5 Å². The summed E-state index contributed by atoms with van der Waals surface area (Å²) in [5, 5.41) is 3.78. The van der Waals surface area contributed by atoms with Gasteiger partial charge in [-0.3, -0.25) is 9.59 Å². The van der Waals surface area contributed by atoms with Crippen LogP contribution in [0.4, 0.5) is 5.69 Å². The number of ketones is 1. The van der Waals surface area contributed by atoms with Crippen LogP contribution >= 0.6 is 0 Å². The average Bonchev–Trinajstić information content (AvgIpc) is 3.40. The van der Waals surface area contributed by atoms with Gasteiger partial charge in [0.15, 0.2) is 5.76 Å². The van der Waals surface area contributed by atoms with E-state index in [1.54, 1.807) is 7.11 Å². The predicted molar refractivity (Wildman–Crippen MR) is 151 cm³/mol. The third-order valence-corrected chi connectivity index (χ3v) is 6.62. The van der Waals surface area contributed by atoms with Gasteiger partial charge in [0.1, 0.15) is 11.5 Å². The van der Waals surface area contributed by atoms with Crippen molar-refractivity contribution in [3.8, 4) is 22.6 Å². The minimum Gasteiger partial charge on any atom is -0.497 e. The number of nitrogens with zero attached hydrogens (tertiary/aromatic N) is 2. The van der Waals surface area contributed by atoms with Crippen molar-refractivity contribution in [3.63, 3.8) is 0 Å². The van der Waals surface area contributed by atoms with Crippen LogP contribution in [-0.4, -0.2) is 48.9 Å². The van der Waals surface area contributed by atoms with Crippen molar-refractivity contribution in [2.45, 2.75) is 19.9 Å². The number of Topliss-reactive ketones (excluding diaryl/α,β-unsaturated/α-hetero) is 1. The van der Waals surface area contributed by atoms with Crippen molar-refractivity contribution in [1.29, 1.82) is 0 Å². The fourth-order valence-electron chi connectivity index (χ4n) is 4.75. The van der Waals surface area contributed by atoms with Crippen molar-refractivity contribution < 1.29 is 19.1 Å². The van der Waals surface area contributed by atoms with Crippen LogP contribution in [0.5, 0.6) is 11.5 Å². The zero-order valence-electron chi connectivity index (χ0n) is 22.1. The summed E-state index contributed by atoms with van der Waals surface area (Å²) in [6.07, 6.45) is 4.91. The molecular formula is C31H31N3O4. The molecule has 1 amide bonds. The Morgan fingerprint density at radius 3 is 2.53 bits per heavy atom. The fraction of sp³-hybridized carbons (Fsp3) is 0.226. The van der Waals surface area contributed by atoms with Gasteiger partial charge in [0, 0.05) is 41.8 Å². The van der Waals surface area contributed by atoms with Gasteiger partial charge in [-0.2, -0.15) is 0 Å². The summed E-state index contributed by atoms with van der Waals surface area (Å²) >= 11 is 0. The number of aryl methyl sites for hydroxylation is 1. The van der Waals surface area contributed by atoms with Crippen LogP contribution in [0.3, 0.4) is 0 Å². The van der Waals surface area contributed by atoms with Gasteiger partial charge in [-0.05, 0) is 86.7 Å². The van der Waals surface area contributed by atoms with Gasteiger partial charge in [-0.15, -0.1) is 0 Å². The number of amides is 1. The molecule has 5 rings (SSSR count). The van der Waals surface area contributed by atoms with Crippen molar-refractivity contribution >= 4 is 34.4 Å². The Balaban J connectivity index is 1.44. The van der Waals surface area contributed by atoms with E-state index in [1.807, 2.05) is 60.7 Å². The van der Waals surface area contributed by atoms with Gasteiger partial charge in [-0.1, -0.05) is 18.2 Å². The normalized spacial score (nSPS) is 13.7. The summed E-state index contributed by atoms with van der Waals surface area (Å²) < 4.78 is 13.8. The van der Waals surface area contributed by atoms with Crippen molar-refractivity contribution in [1.82, 2.24) is 9.47 Å². The number of rotatable bonds is 8. The second-order valence-corrected chi connectivity index (χ2v) is 9.73. The fourth-order valence-corrected chi connectivity index (χ4v) is 4.75. The lowest BCUT2D eigenvalue weighted by molar-refractivity contribution is -0.114. The van der Waals surface area contributed by atoms with Gasteiger partial charge in [0.25, 0.3) is 0 Å². The second-order valence-electron chi connectivity index (χ2n) is 9.73. The first-order chi connectivity index (χ1) is 18.3. The highest BCUT2D eigenvalue weighted by molar-refractivity contribution is 6.15. The Kier molecular flexibility index (Phi) is 7.03. The van der Waals surface area contributed by atoms with E-state index in [0.29, 0.717) is 17.1 Å². The maximum Gasteiger partial charge on any atom is 0.231 e. The minimum absolute atomic E-state index is 0.114. The molecule has 0 fully saturated rings. The van der Waals surface area contributed by atoms with Crippen LogP contribution in [0, 0.1) is 0 Å². The molecule has 7 nitrogen and oxygen atoms in total. The zero-order valence-corrected chi connectivity index (χ0v) is 22.1. The minimum atomic E-state index is -0.135.